The molecule has 0 atom stereocenters. The third kappa shape index (κ3) is 4.09. The second-order valence-corrected chi connectivity index (χ2v) is 6.32. The highest BCUT2D eigenvalue weighted by Crippen LogP contribution is 2.25. The Labute approximate surface area is 150 Å². The first kappa shape index (κ1) is 18.5. The summed E-state index contributed by atoms with van der Waals surface area (Å²) in [5.41, 5.74) is -0.537. The summed E-state index contributed by atoms with van der Waals surface area (Å²) in [6.45, 7) is 5.80. The van der Waals surface area contributed by atoms with E-state index >= 15 is 0 Å². The predicted octanol–water partition coefficient (Wildman–Crippen LogP) is 0.402. The van der Waals surface area contributed by atoms with Gasteiger partial charge in [-0.3, -0.25) is 19.6 Å². The molecular weight excluding hydrogens is 339 g/mol. The molecule has 0 aliphatic carbocycles. The van der Waals surface area contributed by atoms with Crippen LogP contribution < -0.4 is 5.56 Å². The van der Waals surface area contributed by atoms with Crippen LogP contribution in [0.4, 0.5) is 4.39 Å². The molecule has 1 aromatic heterocycles. The normalized spacial score (nSPS) is 16.7. The molecule has 7 nitrogen and oxygen atoms in total. The smallest absolute Gasteiger partial charge is 0.261 e. The molecule has 0 unspecified atom stereocenters. The highest BCUT2D eigenvalue weighted by atomic mass is 19.1. The molecule has 0 radical (unpaired) electrons. The molecule has 3 N–H and O–H groups in total. The predicted molar refractivity (Wildman–Crippen MR) is 98.6 cm³/mol. The third-order valence-corrected chi connectivity index (χ3v) is 4.65. The van der Waals surface area contributed by atoms with E-state index in [1.807, 2.05) is 0 Å². The number of benzene rings is 1. The van der Waals surface area contributed by atoms with Crippen LogP contribution in [0.5, 0.6) is 5.75 Å². The number of H-pyrrole nitrogens is 1. The SMILES string of the molecule is O=c1[nH]c2c(F)cccc2c(O)c1C=NCCN1CCN(CCO)CC1. The molecule has 1 fully saturated rings. The molecule has 0 amide bonds. The lowest BCUT2D eigenvalue weighted by Gasteiger charge is -2.33. The van der Waals surface area contributed by atoms with E-state index in [2.05, 4.69) is 19.8 Å². The van der Waals surface area contributed by atoms with E-state index in [0.717, 1.165) is 32.7 Å². The lowest BCUT2D eigenvalue weighted by molar-refractivity contribution is 0.115. The van der Waals surface area contributed by atoms with Crippen molar-refractivity contribution in [3.05, 3.63) is 39.9 Å². The summed E-state index contributed by atoms with van der Waals surface area (Å²) < 4.78 is 13.7. The number of aliphatic imine (C=N–C) groups is 1. The number of aliphatic hydroxyl groups excluding tert-OH is 1. The Morgan fingerprint density at radius 1 is 1.19 bits per heavy atom. The van der Waals surface area contributed by atoms with Crippen molar-refractivity contribution in [1.29, 1.82) is 0 Å². The van der Waals surface area contributed by atoms with Crippen LogP contribution in [0.3, 0.4) is 0 Å². The van der Waals surface area contributed by atoms with Gasteiger partial charge in [0, 0.05) is 50.9 Å². The number of nitrogens with zero attached hydrogens (tertiary/aromatic N) is 3. The maximum absolute atomic E-state index is 13.7. The molecule has 8 heteroatoms. The van der Waals surface area contributed by atoms with E-state index in [1.54, 1.807) is 6.07 Å². The molecule has 1 saturated heterocycles. The van der Waals surface area contributed by atoms with E-state index < -0.39 is 11.4 Å². The Balaban J connectivity index is 1.62. The number of β-amino-alcohol motifs (C(OH)–C–C–N with tert-alkyl or cyclic N) is 1. The topological polar surface area (TPSA) is 92.2 Å². The van der Waals surface area contributed by atoms with Gasteiger partial charge in [0.15, 0.2) is 0 Å². The zero-order valence-corrected chi connectivity index (χ0v) is 14.5. The van der Waals surface area contributed by atoms with Crippen molar-refractivity contribution in [2.75, 3.05) is 52.4 Å². The van der Waals surface area contributed by atoms with Gasteiger partial charge < -0.3 is 15.2 Å². The number of pyridine rings is 1. The number of hydrogen-bond donors (Lipinski definition) is 3. The fourth-order valence-corrected chi connectivity index (χ4v) is 3.13. The summed E-state index contributed by atoms with van der Waals surface area (Å²) >= 11 is 0. The van der Waals surface area contributed by atoms with Gasteiger partial charge in [0.25, 0.3) is 5.56 Å². The van der Waals surface area contributed by atoms with Crippen LogP contribution in [0.25, 0.3) is 10.9 Å². The highest BCUT2D eigenvalue weighted by molar-refractivity contribution is 5.94. The Morgan fingerprint density at radius 3 is 2.58 bits per heavy atom. The number of rotatable bonds is 6. The van der Waals surface area contributed by atoms with Crippen molar-refractivity contribution in [3.63, 3.8) is 0 Å². The quantitative estimate of drug-likeness (QED) is 0.647. The average molecular weight is 362 g/mol. The standard InChI is InChI=1S/C18H23FN4O3/c19-15-3-1-2-13-16(15)21-18(26)14(17(13)25)12-20-4-5-22-6-8-23(9-7-22)10-11-24/h1-3,12,24H,4-11H2,(H2,21,25,26). The van der Waals surface area contributed by atoms with Gasteiger partial charge in [-0.15, -0.1) is 0 Å². The van der Waals surface area contributed by atoms with Gasteiger partial charge in [-0.1, -0.05) is 6.07 Å². The summed E-state index contributed by atoms with van der Waals surface area (Å²) in [7, 11) is 0. The minimum absolute atomic E-state index is 0.00657. The van der Waals surface area contributed by atoms with E-state index in [4.69, 9.17) is 5.11 Å². The van der Waals surface area contributed by atoms with Gasteiger partial charge in [0.2, 0.25) is 0 Å². The van der Waals surface area contributed by atoms with Gasteiger partial charge in [-0.25, -0.2) is 4.39 Å². The fraction of sp³-hybridized carbons (Fsp3) is 0.444. The molecule has 1 aromatic carbocycles. The monoisotopic (exact) mass is 362 g/mol. The molecule has 0 saturated carbocycles. The number of halogens is 1. The molecule has 0 bridgehead atoms. The molecular formula is C18H23FN4O3. The van der Waals surface area contributed by atoms with Gasteiger partial charge >= 0.3 is 0 Å². The first-order valence-corrected chi connectivity index (χ1v) is 8.69. The maximum Gasteiger partial charge on any atom is 0.261 e. The zero-order chi connectivity index (χ0) is 18.5. The second-order valence-electron chi connectivity index (χ2n) is 6.32. The molecule has 3 rings (SSSR count). The second kappa shape index (κ2) is 8.39. The number of fused-ring (bicyclic) bond motifs is 1. The average Bonchev–Trinajstić information content (AvgIpc) is 2.63. The number of aliphatic hydroxyl groups is 1. The van der Waals surface area contributed by atoms with Crippen LogP contribution in [-0.2, 0) is 0 Å². The molecule has 140 valence electrons. The largest absolute Gasteiger partial charge is 0.506 e. The summed E-state index contributed by atoms with van der Waals surface area (Å²) in [6.07, 6.45) is 1.35. The first-order chi connectivity index (χ1) is 12.6. The summed E-state index contributed by atoms with van der Waals surface area (Å²) in [4.78, 5) is 23.3. The summed E-state index contributed by atoms with van der Waals surface area (Å²) in [6, 6.07) is 4.26. The van der Waals surface area contributed by atoms with Gasteiger partial charge in [-0.2, -0.15) is 0 Å². The molecule has 2 heterocycles. The number of hydrogen-bond acceptors (Lipinski definition) is 6. The van der Waals surface area contributed by atoms with E-state index in [0.29, 0.717) is 13.1 Å². The molecule has 26 heavy (non-hydrogen) atoms. The number of aromatic nitrogens is 1. The van der Waals surface area contributed by atoms with Gasteiger partial charge in [0.05, 0.1) is 24.2 Å². The minimum atomic E-state index is -0.585. The van der Waals surface area contributed by atoms with Crippen LogP contribution in [0.15, 0.2) is 28.0 Å². The molecule has 2 aromatic rings. The van der Waals surface area contributed by atoms with Crippen LogP contribution in [0.2, 0.25) is 0 Å². The number of aromatic amines is 1. The fourth-order valence-electron chi connectivity index (χ4n) is 3.13. The Hall–Kier alpha value is -2.29. The van der Waals surface area contributed by atoms with Crippen LogP contribution in [0, 0.1) is 5.82 Å². The van der Waals surface area contributed by atoms with Crippen LogP contribution >= 0.6 is 0 Å². The van der Waals surface area contributed by atoms with E-state index in [1.165, 1.54) is 18.3 Å². The zero-order valence-electron chi connectivity index (χ0n) is 14.5. The van der Waals surface area contributed by atoms with Crippen LogP contribution in [-0.4, -0.2) is 83.6 Å². The van der Waals surface area contributed by atoms with Crippen molar-refractivity contribution < 1.29 is 14.6 Å². The first-order valence-electron chi connectivity index (χ1n) is 8.69. The highest BCUT2D eigenvalue weighted by Gasteiger charge is 2.16. The minimum Gasteiger partial charge on any atom is -0.506 e. The van der Waals surface area contributed by atoms with Crippen molar-refractivity contribution in [3.8, 4) is 5.75 Å². The van der Waals surface area contributed by atoms with Crippen LogP contribution in [0.1, 0.15) is 5.56 Å². The maximum atomic E-state index is 13.7. The summed E-state index contributed by atoms with van der Waals surface area (Å²) in [5.74, 6) is -0.844. The number of para-hydroxylation sites is 1. The van der Waals surface area contributed by atoms with Crippen molar-refractivity contribution in [2.45, 2.75) is 0 Å². The third-order valence-electron chi connectivity index (χ3n) is 4.65. The summed E-state index contributed by atoms with van der Waals surface area (Å²) in [5, 5.41) is 19.5. The number of piperazine rings is 1. The molecule has 1 aliphatic rings. The molecule has 1 aliphatic heterocycles. The molecule has 0 spiro atoms. The van der Waals surface area contributed by atoms with E-state index in [-0.39, 0.29) is 28.8 Å². The lowest BCUT2D eigenvalue weighted by Crippen LogP contribution is -2.47. The van der Waals surface area contributed by atoms with Crippen molar-refractivity contribution >= 4 is 17.1 Å². The van der Waals surface area contributed by atoms with Gasteiger partial charge in [-0.05, 0) is 12.1 Å². The number of aromatic hydroxyl groups is 1. The van der Waals surface area contributed by atoms with E-state index in [9.17, 15) is 14.3 Å². The Bertz CT molecular complexity index is 844. The number of nitrogens with one attached hydrogen (secondary N) is 1. The van der Waals surface area contributed by atoms with Crippen molar-refractivity contribution in [1.82, 2.24) is 14.8 Å². The van der Waals surface area contributed by atoms with Crippen molar-refractivity contribution in [2.24, 2.45) is 4.99 Å². The van der Waals surface area contributed by atoms with Gasteiger partial charge in [0.1, 0.15) is 11.6 Å². The lowest BCUT2D eigenvalue weighted by atomic mass is 10.1. The Morgan fingerprint density at radius 2 is 1.88 bits per heavy atom. The Kier molecular flexibility index (Phi) is 5.97.